The Labute approximate surface area is 110 Å². The van der Waals surface area contributed by atoms with E-state index in [-0.39, 0.29) is 6.03 Å². The molecule has 2 amide bonds. The lowest BCUT2D eigenvalue weighted by atomic mass is 10.1. The van der Waals surface area contributed by atoms with Crippen LogP contribution >= 0.6 is 0 Å². The minimum absolute atomic E-state index is 0.0132. The van der Waals surface area contributed by atoms with E-state index < -0.39 is 0 Å². The number of likely N-dealkylation sites (tertiary alicyclic amines) is 1. The van der Waals surface area contributed by atoms with E-state index in [0.29, 0.717) is 6.04 Å². The zero-order chi connectivity index (χ0) is 12.6. The summed E-state index contributed by atoms with van der Waals surface area (Å²) in [5, 5.41) is 9.28. The Morgan fingerprint density at radius 2 is 2.06 bits per heavy atom. The maximum atomic E-state index is 11.7. The van der Waals surface area contributed by atoms with Gasteiger partial charge in [0.2, 0.25) is 0 Å². The summed E-state index contributed by atoms with van der Waals surface area (Å²) in [5.41, 5.74) is 0. The van der Waals surface area contributed by atoms with E-state index >= 15 is 0 Å². The highest BCUT2D eigenvalue weighted by molar-refractivity contribution is 5.74. The van der Waals surface area contributed by atoms with Crippen LogP contribution in [0.15, 0.2) is 0 Å². The second-order valence-electron chi connectivity index (χ2n) is 5.35. The number of carbonyl (C=O) groups is 1. The first-order valence-corrected chi connectivity index (χ1v) is 7.32. The second-order valence-corrected chi connectivity index (χ2v) is 5.35. The van der Waals surface area contributed by atoms with Crippen molar-refractivity contribution in [3.8, 4) is 0 Å². The quantitative estimate of drug-likeness (QED) is 0.686. The molecule has 2 aliphatic rings. The number of carbonyl (C=O) groups excluding carboxylic acids is 1. The van der Waals surface area contributed by atoms with Gasteiger partial charge in [-0.1, -0.05) is 6.42 Å². The topological polar surface area (TPSA) is 56.4 Å². The second kappa shape index (κ2) is 7.59. The first kappa shape index (κ1) is 13.6. The Hall–Kier alpha value is -0.810. The highest BCUT2D eigenvalue weighted by Gasteiger charge is 2.15. The minimum Gasteiger partial charge on any atom is -0.337 e. The van der Waals surface area contributed by atoms with Crippen molar-refractivity contribution in [3.63, 3.8) is 0 Å². The predicted octanol–water partition coefficient (Wildman–Crippen LogP) is 0.524. The fraction of sp³-hybridized carbons (Fsp3) is 0.923. The van der Waals surface area contributed by atoms with E-state index in [4.69, 9.17) is 0 Å². The van der Waals surface area contributed by atoms with Gasteiger partial charge in [-0.25, -0.2) is 4.79 Å². The van der Waals surface area contributed by atoms with Crippen LogP contribution in [0.1, 0.15) is 32.1 Å². The van der Waals surface area contributed by atoms with Crippen molar-refractivity contribution in [3.05, 3.63) is 0 Å². The third kappa shape index (κ3) is 4.82. The Morgan fingerprint density at radius 1 is 1.22 bits per heavy atom. The Balaban J connectivity index is 1.53. The van der Waals surface area contributed by atoms with Crippen LogP contribution < -0.4 is 16.0 Å². The highest BCUT2D eigenvalue weighted by Crippen LogP contribution is 2.07. The van der Waals surface area contributed by atoms with E-state index in [2.05, 4.69) is 20.9 Å². The normalized spacial score (nSPS) is 25.7. The number of hydrogen-bond acceptors (Lipinski definition) is 3. The van der Waals surface area contributed by atoms with Gasteiger partial charge in [0.05, 0.1) is 0 Å². The van der Waals surface area contributed by atoms with E-state index in [1.165, 1.54) is 32.4 Å². The molecule has 1 atom stereocenters. The summed E-state index contributed by atoms with van der Waals surface area (Å²) in [6.07, 6.45) is 6.21. The average molecular weight is 254 g/mol. The lowest BCUT2D eigenvalue weighted by molar-refractivity contribution is 0.217. The fourth-order valence-corrected chi connectivity index (χ4v) is 2.72. The van der Waals surface area contributed by atoms with Crippen molar-refractivity contribution in [1.82, 2.24) is 20.9 Å². The molecule has 5 heteroatoms. The molecule has 2 rings (SSSR count). The minimum atomic E-state index is -0.0132. The number of rotatable bonds is 4. The summed E-state index contributed by atoms with van der Waals surface area (Å²) in [6.45, 7) is 6.10. The van der Waals surface area contributed by atoms with Gasteiger partial charge in [-0.2, -0.15) is 0 Å². The summed E-state index contributed by atoms with van der Waals surface area (Å²) in [6, 6.07) is 0.287. The van der Waals surface area contributed by atoms with Crippen LogP contribution in [-0.2, 0) is 0 Å². The Morgan fingerprint density at radius 3 is 2.78 bits per heavy atom. The molecule has 2 fully saturated rings. The number of urea groups is 1. The maximum Gasteiger partial charge on any atom is 0.315 e. The number of nitrogens with zero attached hydrogens (tertiary/aromatic N) is 1. The molecule has 104 valence electrons. The number of hydrogen-bond donors (Lipinski definition) is 3. The van der Waals surface area contributed by atoms with Crippen LogP contribution in [0.2, 0.25) is 0 Å². The molecule has 5 nitrogen and oxygen atoms in total. The third-order valence-electron chi connectivity index (χ3n) is 3.79. The Kier molecular flexibility index (Phi) is 5.74. The van der Waals surface area contributed by atoms with Gasteiger partial charge in [-0.3, -0.25) is 0 Å². The molecule has 3 N–H and O–H groups in total. The summed E-state index contributed by atoms with van der Waals surface area (Å²) in [7, 11) is 0. The molecule has 0 aromatic heterocycles. The lowest BCUT2D eigenvalue weighted by Gasteiger charge is -2.27. The van der Waals surface area contributed by atoms with Crippen LogP contribution in [-0.4, -0.2) is 56.2 Å². The molecule has 2 aliphatic heterocycles. The van der Waals surface area contributed by atoms with Crippen molar-refractivity contribution in [2.75, 3.05) is 39.3 Å². The van der Waals surface area contributed by atoms with Gasteiger partial charge in [0.15, 0.2) is 0 Å². The SMILES string of the molecule is O=C(NCCN1CCCCC1)NC1CCCNC1. The summed E-state index contributed by atoms with van der Waals surface area (Å²) < 4.78 is 0. The van der Waals surface area contributed by atoms with Gasteiger partial charge in [0.25, 0.3) is 0 Å². The monoisotopic (exact) mass is 254 g/mol. The molecular weight excluding hydrogens is 228 g/mol. The van der Waals surface area contributed by atoms with Crippen molar-refractivity contribution >= 4 is 6.03 Å². The Bertz CT molecular complexity index is 247. The largest absolute Gasteiger partial charge is 0.337 e. The molecule has 0 aromatic rings. The molecule has 18 heavy (non-hydrogen) atoms. The zero-order valence-electron chi connectivity index (χ0n) is 11.2. The van der Waals surface area contributed by atoms with Crippen LogP contribution in [0.5, 0.6) is 0 Å². The summed E-state index contributed by atoms with van der Waals surface area (Å²) in [5.74, 6) is 0. The van der Waals surface area contributed by atoms with E-state index in [9.17, 15) is 4.79 Å². The number of nitrogens with one attached hydrogen (secondary N) is 3. The molecule has 0 spiro atoms. The van der Waals surface area contributed by atoms with Gasteiger partial charge in [-0.05, 0) is 45.3 Å². The number of piperidine rings is 2. The van der Waals surface area contributed by atoms with Crippen molar-refractivity contribution in [2.24, 2.45) is 0 Å². The van der Waals surface area contributed by atoms with Crippen molar-refractivity contribution in [2.45, 2.75) is 38.1 Å². The van der Waals surface area contributed by atoms with Gasteiger partial charge < -0.3 is 20.9 Å². The highest BCUT2D eigenvalue weighted by atomic mass is 16.2. The molecule has 0 aliphatic carbocycles. The predicted molar refractivity (Wildman–Crippen MR) is 72.7 cm³/mol. The molecule has 1 unspecified atom stereocenters. The van der Waals surface area contributed by atoms with Gasteiger partial charge in [-0.15, -0.1) is 0 Å². The van der Waals surface area contributed by atoms with Crippen molar-refractivity contribution < 1.29 is 4.79 Å². The smallest absolute Gasteiger partial charge is 0.315 e. The molecule has 0 radical (unpaired) electrons. The molecular formula is C13H26N4O. The fourth-order valence-electron chi connectivity index (χ4n) is 2.72. The van der Waals surface area contributed by atoms with Crippen LogP contribution in [0.25, 0.3) is 0 Å². The maximum absolute atomic E-state index is 11.7. The average Bonchev–Trinajstić information content (AvgIpc) is 2.41. The number of amides is 2. The first-order valence-electron chi connectivity index (χ1n) is 7.32. The molecule has 0 saturated carbocycles. The van der Waals surface area contributed by atoms with Crippen LogP contribution in [0, 0.1) is 0 Å². The third-order valence-corrected chi connectivity index (χ3v) is 3.79. The van der Waals surface area contributed by atoms with E-state index in [0.717, 1.165) is 39.0 Å². The van der Waals surface area contributed by atoms with Gasteiger partial charge in [0, 0.05) is 25.7 Å². The van der Waals surface area contributed by atoms with Crippen LogP contribution in [0.4, 0.5) is 4.79 Å². The molecule has 0 bridgehead atoms. The molecule has 2 saturated heterocycles. The summed E-state index contributed by atoms with van der Waals surface area (Å²) in [4.78, 5) is 14.1. The van der Waals surface area contributed by atoms with Crippen molar-refractivity contribution in [1.29, 1.82) is 0 Å². The lowest BCUT2D eigenvalue weighted by Crippen LogP contribution is -2.50. The molecule has 0 aromatic carbocycles. The van der Waals surface area contributed by atoms with Gasteiger partial charge in [0.1, 0.15) is 0 Å². The zero-order valence-corrected chi connectivity index (χ0v) is 11.2. The van der Waals surface area contributed by atoms with Gasteiger partial charge >= 0.3 is 6.03 Å². The summed E-state index contributed by atoms with van der Waals surface area (Å²) >= 11 is 0. The standard InChI is InChI=1S/C13H26N4O/c18-13(16-12-5-4-6-14-11-12)15-7-10-17-8-2-1-3-9-17/h12,14H,1-11H2,(H2,15,16,18). The molecule has 2 heterocycles. The van der Waals surface area contributed by atoms with E-state index in [1.807, 2.05) is 0 Å². The first-order chi connectivity index (χ1) is 8.84. The van der Waals surface area contributed by atoms with E-state index in [1.54, 1.807) is 0 Å². The van der Waals surface area contributed by atoms with Crippen LogP contribution in [0.3, 0.4) is 0 Å².